The quantitative estimate of drug-likeness (QED) is 0.744. The molecule has 4 nitrogen and oxygen atoms in total. The molecule has 1 aromatic heterocycles. The van der Waals surface area contributed by atoms with Gasteiger partial charge in [-0.05, 0) is 31.0 Å². The molecule has 0 aliphatic carbocycles. The maximum atomic E-state index is 6.08. The van der Waals surface area contributed by atoms with Crippen LogP contribution in [0.3, 0.4) is 0 Å². The Morgan fingerprint density at radius 2 is 2.21 bits per heavy atom. The van der Waals surface area contributed by atoms with Gasteiger partial charge in [0.2, 0.25) is 0 Å². The Hall–Kier alpha value is -1.55. The van der Waals surface area contributed by atoms with E-state index in [9.17, 15) is 0 Å². The fraction of sp³-hybridized carbons (Fsp3) is 0.429. The van der Waals surface area contributed by atoms with E-state index in [1.807, 2.05) is 31.2 Å². The molecule has 102 valence electrons. The normalized spacial score (nSPS) is 12.4. The molecule has 2 aromatic rings. The molecule has 0 saturated carbocycles. The van der Waals surface area contributed by atoms with E-state index in [-0.39, 0.29) is 5.38 Å². The van der Waals surface area contributed by atoms with Gasteiger partial charge in [-0.25, -0.2) is 0 Å². The molecular formula is C14H17ClN2O2. The first-order valence-electron chi connectivity index (χ1n) is 6.45. The van der Waals surface area contributed by atoms with Gasteiger partial charge in [0.15, 0.2) is 5.82 Å². The number of rotatable bonds is 6. The molecule has 0 aliphatic heterocycles. The van der Waals surface area contributed by atoms with E-state index < -0.39 is 0 Å². The Balaban J connectivity index is 2.19. The van der Waals surface area contributed by atoms with Crippen LogP contribution in [0.1, 0.15) is 37.9 Å². The van der Waals surface area contributed by atoms with E-state index in [1.165, 1.54) is 0 Å². The number of aromatic nitrogens is 2. The number of hydrogen-bond acceptors (Lipinski definition) is 4. The Labute approximate surface area is 117 Å². The molecule has 1 atom stereocenters. The summed E-state index contributed by atoms with van der Waals surface area (Å²) in [6.07, 6.45) is 1.74. The van der Waals surface area contributed by atoms with Gasteiger partial charge >= 0.3 is 0 Å². The molecule has 1 aromatic carbocycles. The van der Waals surface area contributed by atoms with Crippen LogP contribution in [-0.4, -0.2) is 16.7 Å². The van der Waals surface area contributed by atoms with E-state index in [1.54, 1.807) is 0 Å². The van der Waals surface area contributed by atoms with Gasteiger partial charge in [0, 0.05) is 5.56 Å². The van der Waals surface area contributed by atoms with Gasteiger partial charge in [0.1, 0.15) is 5.75 Å². The van der Waals surface area contributed by atoms with Crippen molar-refractivity contribution < 1.29 is 9.26 Å². The fourth-order valence-corrected chi connectivity index (χ4v) is 1.69. The SMILES string of the molecule is CCCOc1cccc(-c2nc(C(Cl)CC)no2)c1. The maximum Gasteiger partial charge on any atom is 0.258 e. The van der Waals surface area contributed by atoms with Gasteiger partial charge in [-0.15, -0.1) is 11.6 Å². The number of benzene rings is 1. The van der Waals surface area contributed by atoms with Crippen LogP contribution in [0.15, 0.2) is 28.8 Å². The molecule has 0 amide bonds. The molecule has 0 aliphatic rings. The molecule has 1 unspecified atom stereocenters. The van der Waals surface area contributed by atoms with Crippen molar-refractivity contribution in [2.75, 3.05) is 6.61 Å². The zero-order valence-electron chi connectivity index (χ0n) is 11.1. The summed E-state index contributed by atoms with van der Waals surface area (Å²) in [5.41, 5.74) is 0.840. The summed E-state index contributed by atoms with van der Waals surface area (Å²) in [6, 6.07) is 7.61. The van der Waals surface area contributed by atoms with Gasteiger partial charge in [0.25, 0.3) is 5.89 Å². The Morgan fingerprint density at radius 1 is 1.37 bits per heavy atom. The number of hydrogen-bond donors (Lipinski definition) is 0. The van der Waals surface area contributed by atoms with Gasteiger partial charge in [0.05, 0.1) is 12.0 Å². The van der Waals surface area contributed by atoms with Gasteiger partial charge in [-0.2, -0.15) is 4.98 Å². The maximum absolute atomic E-state index is 6.08. The first-order valence-corrected chi connectivity index (χ1v) is 6.89. The summed E-state index contributed by atoms with van der Waals surface area (Å²) < 4.78 is 10.8. The summed E-state index contributed by atoms with van der Waals surface area (Å²) in [5.74, 6) is 1.80. The fourth-order valence-electron chi connectivity index (χ4n) is 1.60. The minimum absolute atomic E-state index is 0.211. The Bertz CT molecular complexity index is 528. The van der Waals surface area contributed by atoms with Crippen molar-refractivity contribution in [1.82, 2.24) is 10.1 Å². The highest BCUT2D eigenvalue weighted by Crippen LogP contribution is 2.26. The van der Waals surface area contributed by atoms with Crippen molar-refractivity contribution in [2.45, 2.75) is 32.1 Å². The van der Waals surface area contributed by atoms with Crippen LogP contribution < -0.4 is 4.74 Å². The first kappa shape index (κ1) is 13.9. The molecule has 19 heavy (non-hydrogen) atoms. The van der Waals surface area contributed by atoms with Crippen LogP contribution in [0.2, 0.25) is 0 Å². The van der Waals surface area contributed by atoms with Crippen LogP contribution in [-0.2, 0) is 0 Å². The average molecular weight is 281 g/mol. The molecule has 0 saturated heterocycles. The van der Waals surface area contributed by atoms with E-state index >= 15 is 0 Å². The van der Waals surface area contributed by atoms with E-state index in [0.717, 1.165) is 24.2 Å². The summed E-state index contributed by atoms with van der Waals surface area (Å²) in [5, 5.41) is 3.69. The minimum atomic E-state index is -0.211. The predicted octanol–water partition coefficient (Wildman–Crippen LogP) is 4.22. The molecule has 5 heteroatoms. The predicted molar refractivity (Wildman–Crippen MR) is 74.4 cm³/mol. The highest BCUT2D eigenvalue weighted by molar-refractivity contribution is 6.20. The summed E-state index contributed by atoms with van der Waals surface area (Å²) >= 11 is 6.08. The van der Waals surface area contributed by atoms with Crippen LogP contribution in [0, 0.1) is 0 Å². The highest BCUT2D eigenvalue weighted by atomic mass is 35.5. The summed E-state index contributed by atoms with van der Waals surface area (Å²) in [6.45, 7) is 4.74. The smallest absolute Gasteiger partial charge is 0.258 e. The van der Waals surface area contributed by atoms with Crippen LogP contribution in [0.4, 0.5) is 0 Å². The standard InChI is InChI=1S/C14H17ClN2O2/c1-3-8-18-11-7-5-6-10(9-11)14-16-13(17-19-14)12(15)4-2/h5-7,9,12H,3-4,8H2,1-2H3. The van der Waals surface area contributed by atoms with Crippen LogP contribution >= 0.6 is 11.6 Å². The highest BCUT2D eigenvalue weighted by Gasteiger charge is 2.15. The largest absolute Gasteiger partial charge is 0.494 e. The minimum Gasteiger partial charge on any atom is -0.494 e. The molecule has 0 bridgehead atoms. The van der Waals surface area contributed by atoms with Crippen molar-refractivity contribution >= 4 is 11.6 Å². The lowest BCUT2D eigenvalue weighted by atomic mass is 10.2. The van der Waals surface area contributed by atoms with Crippen molar-refractivity contribution in [1.29, 1.82) is 0 Å². The third-order valence-electron chi connectivity index (χ3n) is 2.63. The van der Waals surface area contributed by atoms with Crippen LogP contribution in [0.5, 0.6) is 5.75 Å². The van der Waals surface area contributed by atoms with E-state index in [0.29, 0.717) is 18.3 Å². The third-order valence-corrected chi connectivity index (χ3v) is 3.14. The van der Waals surface area contributed by atoms with Crippen molar-refractivity contribution in [3.05, 3.63) is 30.1 Å². The van der Waals surface area contributed by atoms with Gasteiger partial charge < -0.3 is 9.26 Å². The van der Waals surface area contributed by atoms with Crippen LogP contribution in [0.25, 0.3) is 11.5 Å². The summed E-state index contributed by atoms with van der Waals surface area (Å²) in [4.78, 5) is 4.31. The number of nitrogens with zero attached hydrogens (tertiary/aromatic N) is 2. The molecule has 0 N–H and O–H groups in total. The lowest BCUT2D eigenvalue weighted by Gasteiger charge is -2.04. The Kier molecular flexibility index (Phi) is 4.80. The lowest BCUT2D eigenvalue weighted by Crippen LogP contribution is -1.95. The molecule has 2 rings (SSSR count). The third kappa shape index (κ3) is 3.47. The van der Waals surface area contributed by atoms with Crippen molar-refractivity contribution in [3.63, 3.8) is 0 Å². The molecule has 0 spiro atoms. The van der Waals surface area contributed by atoms with Gasteiger partial charge in [-0.1, -0.05) is 25.1 Å². The molecule has 0 radical (unpaired) electrons. The number of halogens is 1. The molecule has 1 heterocycles. The zero-order valence-corrected chi connectivity index (χ0v) is 11.9. The first-order chi connectivity index (χ1) is 9.24. The second-order valence-corrected chi connectivity index (χ2v) is 4.74. The summed E-state index contributed by atoms with van der Waals surface area (Å²) in [7, 11) is 0. The van der Waals surface area contributed by atoms with Crippen molar-refractivity contribution in [3.8, 4) is 17.2 Å². The Morgan fingerprint density at radius 3 is 2.95 bits per heavy atom. The lowest BCUT2D eigenvalue weighted by molar-refractivity contribution is 0.317. The monoisotopic (exact) mass is 280 g/mol. The van der Waals surface area contributed by atoms with Gasteiger partial charge in [-0.3, -0.25) is 0 Å². The number of ether oxygens (including phenoxy) is 1. The second kappa shape index (κ2) is 6.57. The second-order valence-electron chi connectivity index (χ2n) is 4.21. The zero-order chi connectivity index (χ0) is 13.7. The van der Waals surface area contributed by atoms with Crippen molar-refractivity contribution in [2.24, 2.45) is 0 Å². The number of alkyl halides is 1. The topological polar surface area (TPSA) is 48.2 Å². The molecular weight excluding hydrogens is 264 g/mol. The van der Waals surface area contributed by atoms with E-state index in [2.05, 4.69) is 17.1 Å². The van der Waals surface area contributed by atoms with E-state index in [4.69, 9.17) is 20.9 Å². The molecule has 0 fully saturated rings. The average Bonchev–Trinajstić information content (AvgIpc) is 2.94.